The lowest BCUT2D eigenvalue weighted by atomic mass is 9.93. The number of hydrogen-bond acceptors (Lipinski definition) is 6. The van der Waals surface area contributed by atoms with Gasteiger partial charge in [0, 0.05) is 24.2 Å². The van der Waals surface area contributed by atoms with Gasteiger partial charge in [-0.15, -0.1) is 5.10 Å². The molecule has 8 nitrogen and oxygen atoms in total. The van der Waals surface area contributed by atoms with Crippen molar-refractivity contribution in [1.29, 1.82) is 0 Å². The minimum atomic E-state index is -0.161. The maximum absolute atomic E-state index is 9.72. The van der Waals surface area contributed by atoms with Gasteiger partial charge < -0.3 is 15.7 Å². The van der Waals surface area contributed by atoms with E-state index < -0.39 is 0 Å². The van der Waals surface area contributed by atoms with Crippen molar-refractivity contribution in [2.45, 2.75) is 44.8 Å². The average Bonchev–Trinajstić information content (AvgIpc) is 3.24. The van der Waals surface area contributed by atoms with Crippen LogP contribution in [0, 0.1) is 6.92 Å². The number of nitrogens with zero attached hydrogens (tertiary/aromatic N) is 5. The van der Waals surface area contributed by atoms with E-state index in [1.54, 1.807) is 0 Å². The van der Waals surface area contributed by atoms with Crippen molar-refractivity contribution in [3.05, 3.63) is 42.1 Å². The normalized spacial score (nSPS) is 19.7. The summed E-state index contributed by atoms with van der Waals surface area (Å²) in [7, 11) is 1.95. The molecule has 3 aromatic heterocycles. The number of aliphatic hydroxyl groups is 1. The second-order valence-corrected chi connectivity index (χ2v) is 7.83. The Balaban J connectivity index is 1.41. The van der Waals surface area contributed by atoms with Crippen molar-refractivity contribution in [3.63, 3.8) is 0 Å². The highest BCUT2D eigenvalue weighted by Crippen LogP contribution is 2.25. The standard InChI is InChI=1S/C21H25N7O/c1-13-17-11-8-15(12-18(17)27(2)25-13)23-21-24-20-5-3-4-19(28(20)26-21)22-14-6-9-16(29)10-7-14/h3-5,8,11-12,14,16,22,29H,6-7,9-10H2,1-2H3,(H,23,26). The van der Waals surface area contributed by atoms with Gasteiger partial charge in [-0.1, -0.05) is 6.07 Å². The minimum Gasteiger partial charge on any atom is -0.393 e. The molecule has 1 aliphatic carbocycles. The Morgan fingerprint density at radius 2 is 1.90 bits per heavy atom. The van der Waals surface area contributed by atoms with Gasteiger partial charge in [0.05, 0.1) is 17.3 Å². The van der Waals surface area contributed by atoms with Crippen LogP contribution in [0.5, 0.6) is 0 Å². The molecule has 3 heterocycles. The van der Waals surface area contributed by atoms with Gasteiger partial charge in [0.1, 0.15) is 5.82 Å². The van der Waals surface area contributed by atoms with Crippen LogP contribution in [0.3, 0.4) is 0 Å². The van der Waals surface area contributed by atoms with E-state index in [9.17, 15) is 5.11 Å². The molecule has 8 heteroatoms. The Morgan fingerprint density at radius 1 is 1.07 bits per heavy atom. The highest BCUT2D eigenvalue weighted by molar-refractivity contribution is 5.85. The summed E-state index contributed by atoms with van der Waals surface area (Å²) in [4.78, 5) is 4.62. The van der Waals surface area contributed by atoms with Crippen molar-refractivity contribution in [2.75, 3.05) is 10.6 Å². The summed E-state index contributed by atoms with van der Waals surface area (Å²) < 4.78 is 3.72. The highest BCUT2D eigenvalue weighted by Gasteiger charge is 2.20. The Morgan fingerprint density at radius 3 is 2.72 bits per heavy atom. The van der Waals surface area contributed by atoms with Crippen molar-refractivity contribution in [2.24, 2.45) is 7.05 Å². The van der Waals surface area contributed by atoms with Gasteiger partial charge >= 0.3 is 0 Å². The molecule has 3 N–H and O–H groups in total. The second-order valence-electron chi connectivity index (χ2n) is 7.83. The molecule has 29 heavy (non-hydrogen) atoms. The van der Waals surface area contributed by atoms with Crippen LogP contribution in [-0.2, 0) is 7.05 Å². The molecule has 0 saturated heterocycles. The monoisotopic (exact) mass is 391 g/mol. The van der Waals surface area contributed by atoms with Gasteiger partial charge in [-0.2, -0.15) is 14.6 Å². The molecule has 0 unspecified atom stereocenters. The lowest BCUT2D eigenvalue weighted by molar-refractivity contribution is 0.126. The number of fused-ring (bicyclic) bond motifs is 2. The Labute approximate surface area is 168 Å². The fourth-order valence-corrected chi connectivity index (χ4v) is 4.14. The zero-order valence-electron chi connectivity index (χ0n) is 16.6. The largest absolute Gasteiger partial charge is 0.393 e. The topological polar surface area (TPSA) is 92.3 Å². The fraction of sp³-hybridized carbons (Fsp3) is 0.381. The van der Waals surface area contributed by atoms with Crippen LogP contribution >= 0.6 is 0 Å². The average molecular weight is 391 g/mol. The van der Waals surface area contributed by atoms with Crippen molar-refractivity contribution in [3.8, 4) is 0 Å². The summed E-state index contributed by atoms with van der Waals surface area (Å²) in [5.41, 5.74) is 3.79. The van der Waals surface area contributed by atoms with E-state index in [2.05, 4.69) is 37.9 Å². The van der Waals surface area contributed by atoms with Gasteiger partial charge in [0.25, 0.3) is 0 Å². The van der Waals surface area contributed by atoms with E-state index in [1.807, 2.05) is 47.4 Å². The van der Waals surface area contributed by atoms with E-state index in [0.29, 0.717) is 12.0 Å². The van der Waals surface area contributed by atoms with Crippen LogP contribution in [0.15, 0.2) is 36.4 Å². The molecule has 1 aromatic carbocycles. The molecule has 0 amide bonds. The first-order valence-electron chi connectivity index (χ1n) is 10.1. The number of rotatable bonds is 4. The van der Waals surface area contributed by atoms with Crippen molar-refractivity contribution < 1.29 is 5.11 Å². The zero-order chi connectivity index (χ0) is 20.0. The number of benzene rings is 1. The van der Waals surface area contributed by atoms with E-state index in [1.165, 1.54) is 0 Å². The highest BCUT2D eigenvalue weighted by atomic mass is 16.3. The summed E-state index contributed by atoms with van der Waals surface area (Å²) in [6.45, 7) is 2.01. The molecule has 0 bridgehead atoms. The molecule has 0 atom stereocenters. The first-order chi connectivity index (χ1) is 14.1. The number of nitrogens with one attached hydrogen (secondary N) is 2. The van der Waals surface area contributed by atoms with Gasteiger partial charge in [0.15, 0.2) is 5.65 Å². The number of pyridine rings is 1. The minimum absolute atomic E-state index is 0.161. The number of aryl methyl sites for hydroxylation is 2. The summed E-state index contributed by atoms with van der Waals surface area (Å²) in [5, 5.41) is 26.9. The van der Waals surface area contributed by atoms with Crippen LogP contribution in [0.2, 0.25) is 0 Å². The predicted octanol–water partition coefficient (Wildman–Crippen LogP) is 3.38. The molecule has 5 rings (SSSR count). The van der Waals surface area contributed by atoms with E-state index in [-0.39, 0.29) is 6.10 Å². The van der Waals surface area contributed by atoms with Crippen molar-refractivity contribution >= 4 is 34.0 Å². The molecule has 4 aromatic rings. The Kier molecular flexibility index (Phi) is 4.35. The number of anilines is 3. The zero-order valence-corrected chi connectivity index (χ0v) is 16.6. The van der Waals surface area contributed by atoms with Gasteiger partial charge in [-0.25, -0.2) is 0 Å². The molecular weight excluding hydrogens is 366 g/mol. The molecule has 0 aliphatic heterocycles. The molecule has 1 fully saturated rings. The van der Waals surface area contributed by atoms with E-state index in [0.717, 1.165) is 59.4 Å². The Bertz CT molecular complexity index is 1170. The van der Waals surface area contributed by atoms with Crippen LogP contribution < -0.4 is 10.6 Å². The summed E-state index contributed by atoms with van der Waals surface area (Å²) in [6.07, 6.45) is 3.44. The molecule has 0 spiro atoms. The lowest BCUT2D eigenvalue weighted by Crippen LogP contribution is -2.29. The third-order valence-corrected chi connectivity index (χ3v) is 5.70. The van der Waals surface area contributed by atoms with Gasteiger partial charge in [-0.05, 0) is 62.9 Å². The summed E-state index contributed by atoms with van der Waals surface area (Å²) in [6, 6.07) is 12.4. The van der Waals surface area contributed by atoms with Crippen molar-refractivity contribution in [1.82, 2.24) is 24.4 Å². The quantitative estimate of drug-likeness (QED) is 0.494. The fourth-order valence-electron chi connectivity index (χ4n) is 4.14. The third kappa shape index (κ3) is 3.40. The first kappa shape index (κ1) is 17.9. The van der Waals surface area contributed by atoms with Gasteiger partial charge in [-0.3, -0.25) is 4.68 Å². The van der Waals surface area contributed by atoms with Crippen LogP contribution in [0.1, 0.15) is 31.4 Å². The summed E-state index contributed by atoms with van der Waals surface area (Å²) in [5.74, 6) is 1.47. The van der Waals surface area contributed by atoms with Crippen LogP contribution in [0.25, 0.3) is 16.6 Å². The van der Waals surface area contributed by atoms with Crippen LogP contribution in [0.4, 0.5) is 17.5 Å². The number of hydrogen-bond donors (Lipinski definition) is 3. The predicted molar refractivity (Wildman–Crippen MR) is 114 cm³/mol. The molecule has 1 aliphatic rings. The van der Waals surface area contributed by atoms with E-state index >= 15 is 0 Å². The molecular formula is C21H25N7O. The molecule has 150 valence electrons. The maximum atomic E-state index is 9.72. The number of aliphatic hydroxyl groups excluding tert-OH is 1. The lowest BCUT2D eigenvalue weighted by Gasteiger charge is -2.26. The summed E-state index contributed by atoms with van der Waals surface area (Å²) >= 11 is 0. The van der Waals surface area contributed by atoms with Crippen LogP contribution in [-0.4, -0.2) is 41.6 Å². The maximum Gasteiger partial charge on any atom is 0.247 e. The second kappa shape index (κ2) is 7.04. The molecule has 0 radical (unpaired) electrons. The smallest absolute Gasteiger partial charge is 0.247 e. The van der Waals surface area contributed by atoms with Gasteiger partial charge in [0.2, 0.25) is 5.95 Å². The molecule has 1 saturated carbocycles. The van der Waals surface area contributed by atoms with E-state index in [4.69, 9.17) is 0 Å². The number of aromatic nitrogens is 5. The SMILES string of the molecule is Cc1nn(C)c2cc(Nc3nc4cccc(NC5CCC(O)CC5)n4n3)ccc12. The Hall–Kier alpha value is -3.13. The third-order valence-electron chi connectivity index (χ3n) is 5.70. The first-order valence-corrected chi connectivity index (χ1v) is 10.1.